The van der Waals surface area contributed by atoms with Gasteiger partial charge in [0.1, 0.15) is 0 Å². The topological polar surface area (TPSA) is 32.6 Å². The van der Waals surface area contributed by atoms with Gasteiger partial charge in [-0.3, -0.25) is 0 Å². The molecule has 1 atom stereocenters. The minimum atomic E-state index is 0.475. The second kappa shape index (κ2) is 3.40. The molecular weight excluding hydrogens is 126 g/mol. The summed E-state index contributed by atoms with van der Waals surface area (Å²) in [7, 11) is 0. The Labute approximate surface area is 61.2 Å². The Morgan fingerprint density at radius 1 is 1.80 bits per heavy atom. The zero-order chi connectivity index (χ0) is 7.40. The van der Waals surface area contributed by atoms with Gasteiger partial charge < -0.3 is 5.21 Å². The van der Waals surface area contributed by atoms with Crippen LogP contribution in [0, 0.1) is 5.92 Å². The van der Waals surface area contributed by atoms with Crippen LogP contribution in [0.4, 0.5) is 0 Å². The molecule has 0 aliphatic heterocycles. The molecule has 1 unspecified atom stereocenters. The first-order valence-corrected chi connectivity index (χ1v) is 3.70. The van der Waals surface area contributed by atoms with E-state index >= 15 is 0 Å². The van der Waals surface area contributed by atoms with E-state index in [-0.39, 0.29) is 0 Å². The van der Waals surface area contributed by atoms with Crippen LogP contribution < -0.4 is 0 Å². The molecule has 0 amide bonds. The molecule has 1 aliphatic rings. The van der Waals surface area contributed by atoms with Crippen LogP contribution >= 0.6 is 0 Å². The number of oxime groups is 1. The number of rotatable bonds is 2. The summed E-state index contributed by atoms with van der Waals surface area (Å²) in [6, 6.07) is 0. The summed E-state index contributed by atoms with van der Waals surface area (Å²) in [4.78, 5) is 0. The van der Waals surface area contributed by atoms with Gasteiger partial charge in [-0.2, -0.15) is 0 Å². The first-order valence-electron chi connectivity index (χ1n) is 3.70. The van der Waals surface area contributed by atoms with Crippen molar-refractivity contribution in [1.29, 1.82) is 0 Å². The molecule has 56 valence electrons. The van der Waals surface area contributed by atoms with Crippen LogP contribution in [0.2, 0.25) is 0 Å². The van der Waals surface area contributed by atoms with Gasteiger partial charge in [-0.15, -0.1) is 6.58 Å². The SMILES string of the molecule is C=CCC1CCCC1=NO. The molecule has 1 fully saturated rings. The van der Waals surface area contributed by atoms with Crippen molar-refractivity contribution >= 4 is 5.71 Å². The van der Waals surface area contributed by atoms with Gasteiger partial charge in [0.05, 0.1) is 5.71 Å². The van der Waals surface area contributed by atoms with Gasteiger partial charge in [-0.25, -0.2) is 0 Å². The van der Waals surface area contributed by atoms with E-state index < -0.39 is 0 Å². The van der Waals surface area contributed by atoms with Crippen molar-refractivity contribution in [2.24, 2.45) is 11.1 Å². The Hall–Kier alpha value is -0.790. The van der Waals surface area contributed by atoms with Crippen molar-refractivity contribution in [3.05, 3.63) is 12.7 Å². The molecule has 0 heterocycles. The molecule has 0 saturated heterocycles. The van der Waals surface area contributed by atoms with Crippen LogP contribution in [-0.2, 0) is 0 Å². The molecule has 10 heavy (non-hydrogen) atoms. The maximum absolute atomic E-state index is 8.52. The average Bonchev–Trinajstić information content (AvgIpc) is 2.36. The fourth-order valence-electron chi connectivity index (χ4n) is 1.49. The number of nitrogens with zero attached hydrogens (tertiary/aromatic N) is 1. The fraction of sp³-hybridized carbons (Fsp3) is 0.625. The van der Waals surface area contributed by atoms with E-state index in [0.29, 0.717) is 5.92 Å². The minimum absolute atomic E-state index is 0.475. The van der Waals surface area contributed by atoms with Gasteiger partial charge >= 0.3 is 0 Å². The van der Waals surface area contributed by atoms with Crippen molar-refractivity contribution in [2.45, 2.75) is 25.7 Å². The van der Waals surface area contributed by atoms with Crippen LogP contribution in [0.1, 0.15) is 25.7 Å². The van der Waals surface area contributed by atoms with E-state index in [2.05, 4.69) is 11.7 Å². The molecular formula is C8H13NO. The molecule has 1 N–H and O–H groups in total. The van der Waals surface area contributed by atoms with Gasteiger partial charge in [-0.1, -0.05) is 11.2 Å². The van der Waals surface area contributed by atoms with E-state index in [4.69, 9.17) is 5.21 Å². The summed E-state index contributed by atoms with van der Waals surface area (Å²) in [5.41, 5.74) is 0.958. The molecule has 0 aromatic carbocycles. The number of hydrogen-bond donors (Lipinski definition) is 1. The van der Waals surface area contributed by atoms with Gasteiger partial charge in [0.2, 0.25) is 0 Å². The summed E-state index contributed by atoms with van der Waals surface area (Å²) in [6.45, 7) is 3.66. The Morgan fingerprint density at radius 2 is 2.60 bits per heavy atom. The quantitative estimate of drug-likeness (QED) is 0.355. The summed E-state index contributed by atoms with van der Waals surface area (Å²) in [5.74, 6) is 0.475. The Balaban J connectivity index is 2.50. The van der Waals surface area contributed by atoms with E-state index in [0.717, 1.165) is 31.4 Å². The van der Waals surface area contributed by atoms with E-state index in [1.807, 2.05) is 6.08 Å². The van der Waals surface area contributed by atoms with Crippen molar-refractivity contribution < 1.29 is 5.21 Å². The third kappa shape index (κ3) is 1.38. The molecule has 2 heteroatoms. The lowest BCUT2D eigenvalue weighted by Gasteiger charge is -2.03. The highest BCUT2D eigenvalue weighted by molar-refractivity contribution is 5.88. The summed E-state index contributed by atoms with van der Waals surface area (Å²) < 4.78 is 0. The van der Waals surface area contributed by atoms with Crippen LogP contribution in [0.3, 0.4) is 0 Å². The Bertz CT molecular complexity index is 151. The number of allylic oxidation sites excluding steroid dienone is 1. The zero-order valence-corrected chi connectivity index (χ0v) is 6.08. The molecule has 0 aromatic rings. The van der Waals surface area contributed by atoms with Crippen LogP contribution in [-0.4, -0.2) is 10.9 Å². The van der Waals surface area contributed by atoms with Crippen LogP contribution in [0.25, 0.3) is 0 Å². The molecule has 0 bridgehead atoms. The summed E-state index contributed by atoms with van der Waals surface area (Å²) in [5, 5.41) is 11.8. The third-order valence-corrected chi connectivity index (χ3v) is 2.04. The molecule has 0 radical (unpaired) electrons. The largest absolute Gasteiger partial charge is 0.411 e. The van der Waals surface area contributed by atoms with E-state index in [1.165, 1.54) is 0 Å². The first-order chi connectivity index (χ1) is 4.88. The second-order valence-corrected chi connectivity index (χ2v) is 2.70. The van der Waals surface area contributed by atoms with Crippen molar-refractivity contribution in [3.8, 4) is 0 Å². The lowest BCUT2D eigenvalue weighted by Crippen LogP contribution is -2.04. The first kappa shape index (κ1) is 7.32. The maximum atomic E-state index is 8.52. The molecule has 0 spiro atoms. The molecule has 1 aliphatic carbocycles. The standard InChI is InChI=1S/C8H13NO/c1-2-4-7-5-3-6-8(7)9-10/h2,7,10H,1,3-6H2. The zero-order valence-electron chi connectivity index (χ0n) is 6.08. The lowest BCUT2D eigenvalue weighted by atomic mass is 10.0. The predicted octanol–water partition coefficient (Wildman–Crippen LogP) is 2.19. The Kier molecular flexibility index (Phi) is 2.49. The lowest BCUT2D eigenvalue weighted by molar-refractivity contribution is 0.315. The normalized spacial score (nSPS) is 29.2. The molecule has 0 aromatic heterocycles. The number of hydrogen-bond acceptors (Lipinski definition) is 2. The van der Waals surface area contributed by atoms with E-state index in [1.54, 1.807) is 0 Å². The molecule has 2 nitrogen and oxygen atoms in total. The smallest absolute Gasteiger partial charge is 0.0604 e. The molecule has 1 rings (SSSR count). The minimum Gasteiger partial charge on any atom is -0.411 e. The van der Waals surface area contributed by atoms with Gasteiger partial charge in [0.15, 0.2) is 0 Å². The highest BCUT2D eigenvalue weighted by Gasteiger charge is 2.21. The fourth-order valence-corrected chi connectivity index (χ4v) is 1.49. The third-order valence-electron chi connectivity index (χ3n) is 2.04. The highest BCUT2D eigenvalue weighted by Crippen LogP contribution is 2.25. The average molecular weight is 139 g/mol. The van der Waals surface area contributed by atoms with Gasteiger partial charge in [0.25, 0.3) is 0 Å². The van der Waals surface area contributed by atoms with Crippen LogP contribution in [0.15, 0.2) is 17.8 Å². The molecule has 1 saturated carbocycles. The summed E-state index contributed by atoms with van der Waals surface area (Å²) >= 11 is 0. The van der Waals surface area contributed by atoms with E-state index in [9.17, 15) is 0 Å². The van der Waals surface area contributed by atoms with Crippen LogP contribution in [0.5, 0.6) is 0 Å². The van der Waals surface area contributed by atoms with Crippen molar-refractivity contribution in [1.82, 2.24) is 0 Å². The second-order valence-electron chi connectivity index (χ2n) is 2.70. The summed E-state index contributed by atoms with van der Waals surface area (Å²) in [6.07, 6.45) is 6.14. The monoisotopic (exact) mass is 139 g/mol. The highest BCUT2D eigenvalue weighted by atomic mass is 16.4. The Morgan fingerprint density at radius 3 is 3.20 bits per heavy atom. The van der Waals surface area contributed by atoms with Gasteiger partial charge in [0, 0.05) is 5.92 Å². The predicted molar refractivity (Wildman–Crippen MR) is 41.4 cm³/mol. The van der Waals surface area contributed by atoms with Crippen molar-refractivity contribution in [3.63, 3.8) is 0 Å². The van der Waals surface area contributed by atoms with Gasteiger partial charge in [-0.05, 0) is 25.7 Å². The maximum Gasteiger partial charge on any atom is 0.0604 e. The van der Waals surface area contributed by atoms with Crippen molar-refractivity contribution in [2.75, 3.05) is 0 Å².